The summed E-state index contributed by atoms with van der Waals surface area (Å²) in [5, 5.41) is 17.6. The molecule has 0 spiro atoms. The van der Waals surface area contributed by atoms with Gasteiger partial charge in [-0.3, -0.25) is 0 Å². The minimum atomic E-state index is -4.82. The first-order valence-electron chi connectivity index (χ1n) is 15.8. The lowest BCUT2D eigenvalue weighted by molar-refractivity contribution is -0.274. The lowest BCUT2D eigenvalue weighted by atomic mass is 9.82. The Morgan fingerprint density at radius 1 is 1.00 bits per heavy atom. The molecular formula is C34H32F3N5O3. The van der Waals surface area contributed by atoms with Gasteiger partial charge in [0, 0.05) is 23.1 Å². The van der Waals surface area contributed by atoms with E-state index in [1.807, 2.05) is 6.07 Å². The monoisotopic (exact) mass is 615 g/mol. The summed E-state index contributed by atoms with van der Waals surface area (Å²) in [6.07, 6.45) is 5.05. The summed E-state index contributed by atoms with van der Waals surface area (Å²) in [6, 6.07) is 12.6. The summed E-state index contributed by atoms with van der Waals surface area (Å²) in [7, 11) is 0. The summed E-state index contributed by atoms with van der Waals surface area (Å²) in [6.45, 7) is 0.216. The highest BCUT2D eigenvalue weighted by Gasteiger charge is 2.44. The maximum atomic E-state index is 13.2. The second kappa shape index (κ2) is 11.0. The van der Waals surface area contributed by atoms with Crippen LogP contribution in [0.15, 0.2) is 47.1 Å². The average molecular weight is 616 g/mol. The number of anilines is 1. The molecule has 2 aromatic carbocycles. The lowest BCUT2D eigenvalue weighted by Gasteiger charge is -2.36. The first-order chi connectivity index (χ1) is 21.8. The molecule has 2 unspecified atom stereocenters. The third-order valence-corrected chi connectivity index (χ3v) is 9.81. The van der Waals surface area contributed by atoms with Crippen molar-refractivity contribution in [1.82, 2.24) is 15.1 Å². The lowest BCUT2D eigenvalue weighted by Crippen LogP contribution is -2.39. The molecule has 4 aliphatic carbocycles. The molecule has 4 fully saturated rings. The zero-order valence-corrected chi connectivity index (χ0v) is 24.5. The zero-order valence-electron chi connectivity index (χ0n) is 24.5. The van der Waals surface area contributed by atoms with E-state index in [0.29, 0.717) is 45.9 Å². The van der Waals surface area contributed by atoms with Crippen LogP contribution in [0.4, 0.5) is 19.0 Å². The highest BCUT2D eigenvalue weighted by atomic mass is 19.4. The number of alkyl halides is 3. The number of rotatable bonds is 9. The molecule has 0 saturated heterocycles. The van der Waals surface area contributed by atoms with E-state index in [-0.39, 0.29) is 36.0 Å². The van der Waals surface area contributed by atoms with Crippen molar-refractivity contribution in [1.29, 1.82) is 5.26 Å². The van der Waals surface area contributed by atoms with E-state index in [9.17, 15) is 18.4 Å². The molecule has 4 aromatic rings. The topological polar surface area (TPSA) is 106 Å². The van der Waals surface area contributed by atoms with Crippen molar-refractivity contribution >= 4 is 16.9 Å². The number of ether oxygens (including phenoxy) is 2. The molecule has 45 heavy (non-hydrogen) atoms. The van der Waals surface area contributed by atoms with Gasteiger partial charge in [0.05, 0.1) is 30.0 Å². The van der Waals surface area contributed by atoms with Gasteiger partial charge in [-0.05, 0) is 98.9 Å². The van der Waals surface area contributed by atoms with E-state index >= 15 is 0 Å². The number of fused-ring (bicyclic) bond motifs is 3. The van der Waals surface area contributed by atoms with Crippen LogP contribution in [0, 0.1) is 23.2 Å². The number of nitrogens with zero attached hydrogens (tertiary/aromatic N) is 4. The molecule has 8 nitrogen and oxygen atoms in total. The van der Waals surface area contributed by atoms with E-state index in [1.54, 1.807) is 18.3 Å². The van der Waals surface area contributed by atoms with E-state index in [2.05, 4.69) is 32.3 Å². The van der Waals surface area contributed by atoms with Crippen molar-refractivity contribution in [3.05, 3.63) is 65.0 Å². The SMILES string of the molecule is N#Cc1cc(C2CC2)cc2nc(NC3C4CCC3CC(OCc3c(-c5ccccc5OC(F)(F)F)noc3C3CC3)C4)cnc12. The highest BCUT2D eigenvalue weighted by Crippen LogP contribution is 2.48. The third kappa shape index (κ3) is 5.72. The predicted molar refractivity (Wildman–Crippen MR) is 158 cm³/mol. The van der Waals surface area contributed by atoms with Crippen molar-refractivity contribution in [3.8, 4) is 23.1 Å². The first-order valence-corrected chi connectivity index (χ1v) is 15.8. The summed E-state index contributed by atoms with van der Waals surface area (Å²) < 4.78 is 56.0. The normalized spacial score (nSPS) is 24.5. The third-order valence-electron chi connectivity index (χ3n) is 9.81. The Labute approximate surface area is 257 Å². The molecule has 2 atom stereocenters. The number of aromatic nitrogens is 3. The molecule has 0 aliphatic heterocycles. The van der Waals surface area contributed by atoms with Gasteiger partial charge in [-0.1, -0.05) is 17.3 Å². The van der Waals surface area contributed by atoms with Crippen LogP contribution in [-0.2, 0) is 11.3 Å². The van der Waals surface area contributed by atoms with Crippen molar-refractivity contribution in [2.45, 2.75) is 88.3 Å². The molecule has 4 saturated carbocycles. The van der Waals surface area contributed by atoms with Crippen LogP contribution in [0.2, 0.25) is 0 Å². The number of para-hydroxylation sites is 1. The molecule has 0 radical (unpaired) electrons. The van der Waals surface area contributed by atoms with Gasteiger partial charge in [0.25, 0.3) is 0 Å². The Morgan fingerprint density at radius 2 is 1.76 bits per heavy atom. The number of halogens is 3. The number of nitriles is 1. The molecule has 11 heteroatoms. The van der Waals surface area contributed by atoms with Gasteiger partial charge in [0.15, 0.2) is 0 Å². The number of nitrogens with one attached hydrogen (secondary N) is 1. The molecule has 0 amide bonds. The molecule has 232 valence electrons. The van der Waals surface area contributed by atoms with Crippen LogP contribution >= 0.6 is 0 Å². The average Bonchev–Trinajstić information content (AvgIpc) is 3.96. The summed E-state index contributed by atoms with van der Waals surface area (Å²) in [5.41, 5.74) is 4.41. The maximum Gasteiger partial charge on any atom is 0.573 e. The van der Waals surface area contributed by atoms with Crippen molar-refractivity contribution < 1.29 is 27.2 Å². The predicted octanol–water partition coefficient (Wildman–Crippen LogP) is 8.00. The van der Waals surface area contributed by atoms with E-state index in [4.69, 9.17) is 14.2 Å². The summed E-state index contributed by atoms with van der Waals surface area (Å²) in [4.78, 5) is 9.49. The molecule has 8 rings (SSSR count). The molecule has 2 heterocycles. The smallest absolute Gasteiger partial charge is 0.405 e. The summed E-state index contributed by atoms with van der Waals surface area (Å²) >= 11 is 0. The standard InChI is InChI=1S/C34H32F3N5O3/c35-34(36,37)44-28-4-2-1-3-25(28)32-26(33(45-42-32)19-7-8-19)17-43-24-12-20-9-10-21(13-24)30(20)41-29-16-39-31-23(15-38)11-22(18-5-6-18)14-27(31)40-29/h1-4,11,14,16,18-21,24,30H,5-10,12-13,17H2,(H,40,41). The Hall–Kier alpha value is -4.17. The highest BCUT2D eigenvalue weighted by molar-refractivity contribution is 5.83. The fourth-order valence-electron chi connectivity index (χ4n) is 7.38. The van der Waals surface area contributed by atoms with Crippen molar-refractivity contribution in [2.75, 3.05) is 5.32 Å². The Morgan fingerprint density at radius 3 is 2.47 bits per heavy atom. The maximum absolute atomic E-state index is 13.2. The second-order valence-corrected chi connectivity index (χ2v) is 12.9. The Balaban J connectivity index is 0.976. The quantitative estimate of drug-likeness (QED) is 0.202. The van der Waals surface area contributed by atoms with Gasteiger partial charge >= 0.3 is 6.36 Å². The van der Waals surface area contributed by atoms with Gasteiger partial charge in [0.2, 0.25) is 0 Å². The Kier molecular flexibility index (Phi) is 6.93. The molecule has 4 aliphatic rings. The first kappa shape index (κ1) is 28.3. The molecule has 1 N–H and O–H groups in total. The van der Waals surface area contributed by atoms with Crippen molar-refractivity contribution in [2.24, 2.45) is 11.8 Å². The fraction of sp³-hybridized carbons (Fsp3) is 0.471. The van der Waals surface area contributed by atoms with E-state index in [0.717, 1.165) is 62.7 Å². The van der Waals surface area contributed by atoms with Crippen LogP contribution in [0.25, 0.3) is 22.3 Å². The van der Waals surface area contributed by atoms with Crippen LogP contribution in [-0.4, -0.2) is 33.6 Å². The van der Waals surface area contributed by atoms with Crippen LogP contribution in [0.3, 0.4) is 0 Å². The summed E-state index contributed by atoms with van der Waals surface area (Å²) in [5.74, 6) is 2.63. The van der Waals surface area contributed by atoms with E-state index < -0.39 is 6.36 Å². The van der Waals surface area contributed by atoms with Crippen molar-refractivity contribution in [3.63, 3.8) is 0 Å². The van der Waals surface area contributed by atoms with Crippen LogP contribution in [0.5, 0.6) is 5.75 Å². The van der Waals surface area contributed by atoms with Gasteiger partial charge in [-0.2, -0.15) is 5.26 Å². The van der Waals surface area contributed by atoms with Gasteiger partial charge in [-0.15, -0.1) is 13.2 Å². The Bertz CT molecular complexity index is 1780. The van der Waals surface area contributed by atoms with Gasteiger partial charge in [-0.25, -0.2) is 9.97 Å². The fourth-order valence-corrected chi connectivity index (χ4v) is 7.38. The van der Waals surface area contributed by atoms with Gasteiger partial charge < -0.3 is 19.3 Å². The van der Waals surface area contributed by atoms with Crippen LogP contribution in [0.1, 0.15) is 85.7 Å². The minimum Gasteiger partial charge on any atom is -0.405 e. The molecular weight excluding hydrogens is 583 g/mol. The number of hydrogen-bond acceptors (Lipinski definition) is 8. The van der Waals surface area contributed by atoms with Gasteiger partial charge in [0.1, 0.15) is 34.6 Å². The van der Waals surface area contributed by atoms with E-state index in [1.165, 1.54) is 17.7 Å². The minimum absolute atomic E-state index is 0.0130. The molecule has 2 aromatic heterocycles. The molecule has 2 bridgehead atoms. The number of benzene rings is 2. The zero-order chi connectivity index (χ0) is 30.7. The number of hydrogen-bond donors (Lipinski definition) is 1. The second-order valence-electron chi connectivity index (χ2n) is 12.9. The largest absolute Gasteiger partial charge is 0.573 e. The van der Waals surface area contributed by atoms with Crippen LogP contribution < -0.4 is 10.1 Å².